The van der Waals surface area contributed by atoms with Gasteiger partial charge in [0.2, 0.25) is 5.95 Å². The third-order valence-corrected chi connectivity index (χ3v) is 5.49. The van der Waals surface area contributed by atoms with E-state index in [4.69, 9.17) is 5.73 Å². The van der Waals surface area contributed by atoms with Crippen molar-refractivity contribution in [3.8, 4) is 0 Å². The van der Waals surface area contributed by atoms with Crippen LogP contribution in [0, 0.1) is 11.8 Å². The second kappa shape index (κ2) is 5.57. The molecule has 6 heteroatoms. The molecule has 0 aromatic carbocycles. The van der Waals surface area contributed by atoms with E-state index < -0.39 is 0 Å². The molecule has 3 aliphatic rings. The van der Waals surface area contributed by atoms with Gasteiger partial charge in [0.25, 0.3) is 0 Å². The molecule has 22 heavy (non-hydrogen) atoms. The summed E-state index contributed by atoms with van der Waals surface area (Å²) >= 11 is 0. The minimum absolute atomic E-state index is 0.370. The van der Waals surface area contributed by atoms with E-state index in [-0.39, 0.29) is 0 Å². The van der Waals surface area contributed by atoms with Crippen LogP contribution in [-0.4, -0.2) is 41.7 Å². The summed E-state index contributed by atoms with van der Waals surface area (Å²) in [5.41, 5.74) is 5.95. The molecule has 4 N–H and O–H groups in total. The summed E-state index contributed by atoms with van der Waals surface area (Å²) in [6.45, 7) is 5.11. The highest BCUT2D eigenvalue weighted by atomic mass is 15.3. The molecular formula is C16H26N6. The fourth-order valence-corrected chi connectivity index (χ4v) is 4.44. The van der Waals surface area contributed by atoms with E-state index in [1.165, 1.54) is 25.7 Å². The number of aromatic nitrogens is 2. The van der Waals surface area contributed by atoms with E-state index >= 15 is 0 Å². The predicted octanol–water partition coefficient (Wildman–Crippen LogP) is 1.46. The van der Waals surface area contributed by atoms with Crippen LogP contribution in [-0.2, 0) is 0 Å². The lowest BCUT2D eigenvalue weighted by atomic mass is 9.95. The third kappa shape index (κ3) is 2.72. The summed E-state index contributed by atoms with van der Waals surface area (Å²) in [7, 11) is 0. The van der Waals surface area contributed by atoms with E-state index in [1.54, 1.807) is 0 Å². The fourth-order valence-electron chi connectivity index (χ4n) is 4.44. The Morgan fingerprint density at radius 1 is 1.32 bits per heavy atom. The number of nitrogens with two attached hydrogens (primary N) is 1. The number of hydrogen-bond acceptors (Lipinski definition) is 6. The molecule has 2 bridgehead atoms. The summed E-state index contributed by atoms with van der Waals surface area (Å²) < 4.78 is 0. The number of piperazine rings is 1. The number of nitrogen functional groups attached to an aromatic ring is 1. The Kier molecular flexibility index (Phi) is 3.56. The van der Waals surface area contributed by atoms with Crippen LogP contribution in [0.25, 0.3) is 0 Å². The van der Waals surface area contributed by atoms with Crippen molar-refractivity contribution in [2.45, 2.75) is 44.7 Å². The van der Waals surface area contributed by atoms with Crippen molar-refractivity contribution in [1.82, 2.24) is 15.3 Å². The van der Waals surface area contributed by atoms with E-state index in [0.29, 0.717) is 18.0 Å². The maximum atomic E-state index is 5.95. The fraction of sp³-hybridized carbons (Fsp3) is 0.750. The highest BCUT2D eigenvalue weighted by Gasteiger charge is 2.39. The average molecular weight is 302 g/mol. The zero-order valence-electron chi connectivity index (χ0n) is 13.3. The van der Waals surface area contributed by atoms with Gasteiger partial charge in [-0.3, -0.25) is 0 Å². The van der Waals surface area contributed by atoms with Gasteiger partial charge in [0.15, 0.2) is 0 Å². The molecule has 2 heterocycles. The van der Waals surface area contributed by atoms with Crippen LogP contribution in [0.5, 0.6) is 0 Å². The number of nitrogens with one attached hydrogen (secondary N) is 2. The Hall–Kier alpha value is -1.56. The minimum Gasteiger partial charge on any atom is -0.368 e. The minimum atomic E-state index is 0.370. The van der Waals surface area contributed by atoms with Crippen LogP contribution < -0.4 is 21.3 Å². The van der Waals surface area contributed by atoms with Crippen LogP contribution in [0.3, 0.4) is 0 Å². The second-order valence-electron chi connectivity index (χ2n) is 7.20. The second-order valence-corrected chi connectivity index (χ2v) is 7.20. The molecule has 1 saturated heterocycles. The molecule has 4 atom stereocenters. The normalized spacial score (nSPS) is 34.1. The summed E-state index contributed by atoms with van der Waals surface area (Å²) in [5, 5.41) is 7.09. The first-order valence-corrected chi connectivity index (χ1v) is 8.57. The molecule has 1 aliphatic heterocycles. The third-order valence-electron chi connectivity index (χ3n) is 5.49. The van der Waals surface area contributed by atoms with E-state index in [1.807, 2.05) is 0 Å². The molecule has 3 fully saturated rings. The molecule has 6 nitrogen and oxygen atoms in total. The van der Waals surface area contributed by atoms with Crippen molar-refractivity contribution < 1.29 is 0 Å². The zero-order chi connectivity index (χ0) is 15.1. The van der Waals surface area contributed by atoms with Crippen molar-refractivity contribution in [3.63, 3.8) is 0 Å². The Morgan fingerprint density at radius 2 is 2.23 bits per heavy atom. The summed E-state index contributed by atoms with van der Waals surface area (Å²) in [5.74, 6) is 3.96. The van der Waals surface area contributed by atoms with Gasteiger partial charge in [0, 0.05) is 37.8 Å². The lowest BCUT2D eigenvalue weighted by Crippen LogP contribution is -2.49. The van der Waals surface area contributed by atoms with Crippen LogP contribution in [0.15, 0.2) is 6.07 Å². The Balaban J connectivity index is 1.50. The van der Waals surface area contributed by atoms with Gasteiger partial charge in [-0.1, -0.05) is 6.42 Å². The smallest absolute Gasteiger partial charge is 0.223 e. The first-order valence-electron chi connectivity index (χ1n) is 8.57. The summed E-state index contributed by atoms with van der Waals surface area (Å²) in [6, 6.07) is 3.12. The molecule has 120 valence electrons. The highest BCUT2D eigenvalue weighted by molar-refractivity contribution is 5.53. The van der Waals surface area contributed by atoms with Crippen molar-refractivity contribution in [3.05, 3.63) is 6.07 Å². The van der Waals surface area contributed by atoms with Crippen LogP contribution >= 0.6 is 0 Å². The number of hydrogen-bond donors (Lipinski definition) is 3. The van der Waals surface area contributed by atoms with Gasteiger partial charge in [0.05, 0.1) is 0 Å². The maximum Gasteiger partial charge on any atom is 0.223 e. The summed E-state index contributed by atoms with van der Waals surface area (Å²) in [4.78, 5) is 11.1. The summed E-state index contributed by atoms with van der Waals surface area (Å²) in [6.07, 6.45) is 5.46. The predicted molar refractivity (Wildman–Crippen MR) is 89.0 cm³/mol. The zero-order valence-corrected chi connectivity index (χ0v) is 13.3. The van der Waals surface area contributed by atoms with E-state index in [0.717, 1.165) is 43.1 Å². The van der Waals surface area contributed by atoms with Gasteiger partial charge in [-0.15, -0.1) is 0 Å². The molecule has 0 amide bonds. The van der Waals surface area contributed by atoms with Crippen molar-refractivity contribution in [2.24, 2.45) is 11.8 Å². The van der Waals surface area contributed by atoms with Gasteiger partial charge in [-0.2, -0.15) is 9.97 Å². The molecule has 2 saturated carbocycles. The number of nitrogens with zero attached hydrogens (tertiary/aromatic N) is 3. The first kappa shape index (κ1) is 14.1. The lowest BCUT2D eigenvalue weighted by Gasteiger charge is -2.33. The molecule has 0 spiro atoms. The maximum absolute atomic E-state index is 5.95. The van der Waals surface area contributed by atoms with Gasteiger partial charge >= 0.3 is 0 Å². The van der Waals surface area contributed by atoms with Crippen molar-refractivity contribution in [2.75, 3.05) is 35.6 Å². The largest absolute Gasteiger partial charge is 0.368 e. The number of rotatable bonds is 3. The monoisotopic (exact) mass is 302 g/mol. The Labute approximate surface area is 131 Å². The molecule has 1 aromatic rings. The number of fused-ring (bicyclic) bond motifs is 2. The molecule has 0 radical (unpaired) electrons. The van der Waals surface area contributed by atoms with E-state index in [9.17, 15) is 0 Å². The van der Waals surface area contributed by atoms with Crippen molar-refractivity contribution in [1.29, 1.82) is 0 Å². The van der Waals surface area contributed by atoms with Crippen LogP contribution in [0.4, 0.5) is 17.6 Å². The lowest BCUT2D eigenvalue weighted by molar-refractivity contribution is 0.439. The molecule has 4 rings (SSSR count). The van der Waals surface area contributed by atoms with Gasteiger partial charge in [-0.25, -0.2) is 0 Å². The Morgan fingerprint density at radius 3 is 2.95 bits per heavy atom. The van der Waals surface area contributed by atoms with Gasteiger partial charge in [-0.05, 0) is 38.0 Å². The quantitative estimate of drug-likeness (QED) is 0.784. The van der Waals surface area contributed by atoms with E-state index in [2.05, 4.69) is 38.5 Å². The standard InChI is InChI=1S/C16H26N6/c1-10-9-22(5-4-18-10)15-8-14(20-16(17)21-15)19-13-7-11-2-3-12(13)6-11/h8,10-13,18H,2-7,9H2,1H3,(H3,17,19,20,21)/t10?,11-,12+,13+/m0/s1. The Bertz CT molecular complexity index is 547. The molecular weight excluding hydrogens is 276 g/mol. The number of anilines is 3. The van der Waals surface area contributed by atoms with Gasteiger partial charge < -0.3 is 21.3 Å². The SMILES string of the molecule is CC1CN(c2cc(N[C@@H]3C[C@H]4CC[C@@H]3C4)nc(N)n2)CCN1. The average Bonchev–Trinajstić information content (AvgIpc) is 3.09. The van der Waals surface area contributed by atoms with Crippen LogP contribution in [0.1, 0.15) is 32.6 Å². The van der Waals surface area contributed by atoms with Crippen molar-refractivity contribution >= 4 is 17.6 Å². The molecule has 2 aliphatic carbocycles. The highest BCUT2D eigenvalue weighted by Crippen LogP contribution is 2.45. The topological polar surface area (TPSA) is 79.1 Å². The van der Waals surface area contributed by atoms with Crippen LogP contribution in [0.2, 0.25) is 0 Å². The first-order chi connectivity index (χ1) is 10.7. The molecule has 1 aromatic heterocycles. The van der Waals surface area contributed by atoms with Gasteiger partial charge in [0.1, 0.15) is 11.6 Å². The molecule has 1 unspecified atom stereocenters.